The van der Waals surface area contributed by atoms with Crippen LogP contribution < -0.4 is 20.1 Å². The first-order valence-corrected chi connectivity index (χ1v) is 8.31. The maximum atomic E-state index is 11.9. The fourth-order valence-electron chi connectivity index (χ4n) is 2.11. The van der Waals surface area contributed by atoms with Gasteiger partial charge in [-0.25, -0.2) is 0 Å². The number of rotatable bonds is 8. The average molecular weight is 348 g/mol. The van der Waals surface area contributed by atoms with Crippen molar-refractivity contribution in [1.82, 2.24) is 10.6 Å². The Morgan fingerprint density at radius 3 is 2.46 bits per heavy atom. The molecule has 0 fully saturated rings. The van der Waals surface area contributed by atoms with Crippen LogP contribution in [0.4, 0.5) is 0 Å². The van der Waals surface area contributed by atoms with Crippen LogP contribution in [0.15, 0.2) is 35.7 Å². The smallest absolute Gasteiger partial charge is 0.261 e. The van der Waals surface area contributed by atoms with E-state index in [4.69, 9.17) is 9.47 Å². The van der Waals surface area contributed by atoms with Crippen molar-refractivity contribution < 1.29 is 19.1 Å². The molecule has 0 aliphatic heterocycles. The normalized spacial score (nSPS) is 10.1. The van der Waals surface area contributed by atoms with E-state index in [9.17, 15) is 9.59 Å². The quantitative estimate of drug-likeness (QED) is 0.714. The van der Waals surface area contributed by atoms with E-state index < -0.39 is 0 Å². The molecule has 1 heterocycles. The van der Waals surface area contributed by atoms with Gasteiger partial charge in [0.1, 0.15) is 0 Å². The molecule has 6 nitrogen and oxygen atoms in total. The zero-order valence-electron chi connectivity index (χ0n) is 13.6. The second kappa shape index (κ2) is 8.93. The molecule has 0 atom stereocenters. The zero-order valence-corrected chi connectivity index (χ0v) is 14.4. The van der Waals surface area contributed by atoms with Gasteiger partial charge >= 0.3 is 0 Å². The molecule has 128 valence electrons. The summed E-state index contributed by atoms with van der Waals surface area (Å²) >= 11 is 1.38. The van der Waals surface area contributed by atoms with Gasteiger partial charge in [0.25, 0.3) is 5.91 Å². The van der Waals surface area contributed by atoms with Gasteiger partial charge in [-0.15, -0.1) is 11.3 Å². The molecular formula is C17H20N2O4S. The van der Waals surface area contributed by atoms with Crippen molar-refractivity contribution in [2.24, 2.45) is 0 Å². The van der Waals surface area contributed by atoms with E-state index in [0.717, 1.165) is 5.56 Å². The number of hydrogen-bond acceptors (Lipinski definition) is 5. The molecule has 0 unspecified atom stereocenters. The highest BCUT2D eigenvalue weighted by Gasteiger charge is 2.09. The topological polar surface area (TPSA) is 76.7 Å². The molecule has 0 saturated carbocycles. The molecule has 0 aliphatic rings. The molecule has 0 saturated heterocycles. The second-order valence-corrected chi connectivity index (χ2v) is 5.90. The number of hydrogen-bond donors (Lipinski definition) is 2. The third-order valence-corrected chi connectivity index (χ3v) is 4.16. The Labute approximate surface area is 144 Å². The predicted octanol–water partition coefficient (Wildman–Crippen LogP) is 1.85. The highest BCUT2D eigenvalue weighted by Crippen LogP contribution is 2.27. The molecule has 1 aromatic heterocycles. The predicted molar refractivity (Wildman–Crippen MR) is 92.9 cm³/mol. The highest BCUT2D eigenvalue weighted by atomic mass is 32.1. The molecular weight excluding hydrogens is 328 g/mol. The Morgan fingerprint density at radius 1 is 1.04 bits per heavy atom. The standard InChI is InChI=1S/C17H20N2O4S/c1-22-13-6-5-12(10-14(13)23-2)11-16(20)18-7-8-19-17(21)15-4-3-9-24-15/h3-6,9-10H,7-8,11H2,1-2H3,(H,18,20)(H,19,21). The summed E-state index contributed by atoms with van der Waals surface area (Å²) in [6, 6.07) is 8.94. The van der Waals surface area contributed by atoms with Crippen molar-refractivity contribution in [3.8, 4) is 11.5 Å². The zero-order chi connectivity index (χ0) is 17.4. The molecule has 2 rings (SSSR count). The minimum absolute atomic E-state index is 0.118. The molecule has 0 aliphatic carbocycles. The van der Waals surface area contributed by atoms with Crippen LogP contribution in [-0.2, 0) is 11.2 Å². The van der Waals surface area contributed by atoms with Gasteiger partial charge in [-0.1, -0.05) is 12.1 Å². The van der Waals surface area contributed by atoms with Crippen LogP contribution in [0.3, 0.4) is 0 Å². The number of nitrogens with one attached hydrogen (secondary N) is 2. The summed E-state index contributed by atoms with van der Waals surface area (Å²) in [6.07, 6.45) is 0.235. The average Bonchev–Trinajstić information content (AvgIpc) is 3.13. The Kier molecular flexibility index (Phi) is 6.62. The molecule has 2 N–H and O–H groups in total. The van der Waals surface area contributed by atoms with Crippen LogP contribution in [0.25, 0.3) is 0 Å². The molecule has 24 heavy (non-hydrogen) atoms. The third kappa shape index (κ3) is 4.99. The minimum Gasteiger partial charge on any atom is -0.493 e. The number of carbonyl (C=O) groups excluding carboxylic acids is 2. The molecule has 1 aromatic carbocycles. The fraction of sp³-hybridized carbons (Fsp3) is 0.294. The summed E-state index contributed by atoms with van der Waals surface area (Å²) in [7, 11) is 3.12. The summed E-state index contributed by atoms with van der Waals surface area (Å²) in [5, 5.41) is 7.38. The van der Waals surface area contributed by atoms with E-state index in [1.54, 1.807) is 32.4 Å². The molecule has 2 aromatic rings. The van der Waals surface area contributed by atoms with E-state index in [-0.39, 0.29) is 18.2 Å². The fourth-order valence-corrected chi connectivity index (χ4v) is 2.75. The molecule has 2 amide bonds. The van der Waals surface area contributed by atoms with Crippen molar-refractivity contribution in [3.05, 3.63) is 46.2 Å². The monoisotopic (exact) mass is 348 g/mol. The van der Waals surface area contributed by atoms with Crippen molar-refractivity contribution in [3.63, 3.8) is 0 Å². The Morgan fingerprint density at radius 2 is 1.79 bits per heavy atom. The molecule has 0 bridgehead atoms. The van der Waals surface area contributed by atoms with Gasteiger partial charge in [0.15, 0.2) is 11.5 Å². The summed E-state index contributed by atoms with van der Waals surface area (Å²) in [5.74, 6) is 0.968. The van der Waals surface area contributed by atoms with Gasteiger partial charge in [-0.3, -0.25) is 9.59 Å². The number of benzene rings is 1. The lowest BCUT2D eigenvalue weighted by molar-refractivity contribution is -0.120. The van der Waals surface area contributed by atoms with E-state index in [1.807, 2.05) is 17.5 Å². The Balaban J connectivity index is 1.74. The van der Waals surface area contributed by atoms with E-state index in [2.05, 4.69) is 10.6 Å². The summed E-state index contributed by atoms with van der Waals surface area (Å²) in [5.41, 5.74) is 0.827. The number of ether oxygens (including phenoxy) is 2. The lowest BCUT2D eigenvalue weighted by Gasteiger charge is -2.10. The van der Waals surface area contributed by atoms with Gasteiger partial charge in [-0.05, 0) is 29.1 Å². The summed E-state index contributed by atoms with van der Waals surface area (Å²) in [6.45, 7) is 0.762. The minimum atomic E-state index is -0.126. The van der Waals surface area contributed by atoms with Gasteiger partial charge in [0.05, 0.1) is 25.5 Å². The largest absolute Gasteiger partial charge is 0.493 e. The SMILES string of the molecule is COc1ccc(CC(=O)NCCNC(=O)c2cccs2)cc1OC. The van der Waals surface area contributed by atoms with Crippen molar-refractivity contribution >= 4 is 23.2 Å². The van der Waals surface area contributed by atoms with Gasteiger partial charge in [0, 0.05) is 13.1 Å². The van der Waals surface area contributed by atoms with Gasteiger partial charge in [0.2, 0.25) is 5.91 Å². The van der Waals surface area contributed by atoms with Crippen molar-refractivity contribution in [1.29, 1.82) is 0 Å². The first kappa shape index (κ1) is 17.8. The maximum Gasteiger partial charge on any atom is 0.261 e. The molecule has 0 radical (unpaired) electrons. The summed E-state index contributed by atoms with van der Waals surface area (Å²) in [4.78, 5) is 24.3. The van der Waals surface area contributed by atoms with E-state index >= 15 is 0 Å². The third-order valence-electron chi connectivity index (χ3n) is 3.29. The first-order chi connectivity index (χ1) is 11.6. The van der Waals surface area contributed by atoms with Crippen LogP contribution in [0.2, 0.25) is 0 Å². The van der Waals surface area contributed by atoms with Crippen LogP contribution >= 0.6 is 11.3 Å². The second-order valence-electron chi connectivity index (χ2n) is 4.95. The van der Waals surface area contributed by atoms with E-state index in [0.29, 0.717) is 29.5 Å². The number of carbonyl (C=O) groups is 2. The first-order valence-electron chi connectivity index (χ1n) is 7.43. The van der Waals surface area contributed by atoms with Gasteiger partial charge in [-0.2, -0.15) is 0 Å². The lowest BCUT2D eigenvalue weighted by atomic mass is 10.1. The number of methoxy groups -OCH3 is 2. The Hall–Kier alpha value is -2.54. The lowest BCUT2D eigenvalue weighted by Crippen LogP contribution is -2.35. The van der Waals surface area contributed by atoms with Gasteiger partial charge < -0.3 is 20.1 Å². The Bertz CT molecular complexity index is 686. The van der Waals surface area contributed by atoms with Crippen LogP contribution in [-0.4, -0.2) is 39.1 Å². The van der Waals surface area contributed by atoms with Crippen molar-refractivity contribution in [2.75, 3.05) is 27.3 Å². The molecule has 0 spiro atoms. The van der Waals surface area contributed by atoms with Crippen LogP contribution in [0.1, 0.15) is 15.2 Å². The maximum absolute atomic E-state index is 11.9. The van der Waals surface area contributed by atoms with E-state index in [1.165, 1.54) is 11.3 Å². The number of thiophene rings is 1. The van der Waals surface area contributed by atoms with Crippen LogP contribution in [0.5, 0.6) is 11.5 Å². The highest BCUT2D eigenvalue weighted by molar-refractivity contribution is 7.12. The van der Waals surface area contributed by atoms with Crippen LogP contribution in [0, 0.1) is 0 Å². The number of amides is 2. The summed E-state index contributed by atoms with van der Waals surface area (Å²) < 4.78 is 10.4. The van der Waals surface area contributed by atoms with Crippen molar-refractivity contribution in [2.45, 2.75) is 6.42 Å². The molecule has 7 heteroatoms.